The van der Waals surface area contributed by atoms with Gasteiger partial charge < -0.3 is 9.47 Å². The van der Waals surface area contributed by atoms with Crippen LogP contribution in [0.1, 0.15) is 31.0 Å². The van der Waals surface area contributed by atoms with Crippen LogP contribution in [-0.4, -0.2) is 24.3 Å². The first-order valence-corrected chi connectivity index (χ1v) is 11.6. The summed E-state index contributed by atoms with van der Waals surface area (Å²) in [5.74, 6) is 0.277. The minimum atomic E-state index is -0.614. The lowest BCUT2D eigenvalue weighted by Crippen LogP contribution is -2.39. The van der Waals surface area contributed by atoms with Gasteiger partial charge in [-0.2, -0.15) is 0 Å². The number of carbonyl (C=O) groups excluding carboxylic acids is 1. The predicted octanol–water partition coefficient (Wildman–Crippen LogP) is 3.57. The Bertz CT molecular complexity index is 1370. The van der Waals surface area contributed by atoms with Crippen molar-refractivity contribution >= 4 is 39.3 Å². The van der Waals surface area contributed by atoms with Crippen LogP contribution >= 0.6 is 27.3 Å². The Morgan fingerprint density at radius 1 is 1.19 bits per heavy atom. The second-order valence-corrected chi connectivity index (χ2v) is 9.05. The van der Waals surface area contributed by atoms with Gasteiger partial charge in [0.1, 0.15) is 5.75 Å². The summed E-state index contributed by atoms with van der Waals surface area (Å²) in [6, 6.07) is 14.4. The molecule has 1 aliphatic heterocycles. The lowest BCUT2D eigenvalue weighted by atomic mass is 9.96. The molecule has 1 unspecified atom stereocenters. The lowest BCUT2D eigenvalue weighted by Gasteiger charge is -2.24. The van der Waals surface area contributed by atoms with Gasteiger partial charge in [0, 0.05) is 4.47 Å². The number of hydrogen-bond donors (Lipinski definition) is 0. The first kappa shape index (κ1) is 22.2. The number of thiazole rings is 1. The van der Waals surface area contributed by atoms with Gasteiger partial charge in [-0.1, -0.05) is 51.5 Å². The molecule has 0 bridgehead atoms. The molecule has 8 heteroatoms. The monoisotopic (exact) mass is 512 g/mol. The molecule has 6 nitrogen and oxygen atoms in total. The van der Waals surface area contributed by atoms with Crippen LogP contribution in [0.5, 0.6) is 5.75 Å². The molecule has 32 heavy (non-hydrogen) atoms. The molecule has 3 aromatic rings. The summed E-state index contributed by atoms with van der Waals surface area (Å²) in [5, 5.41) is 0. The molecule has 0 saturated carbocycles. The van der Waals surface area contributed by atoms with E-state index in [1.165, 1.54) is 11.3 Å². The van der Waals surface area contributed by atoms with Crippen LogP contribution in [-0.2, 0) is 9.53 Å². The molecule has 164 valence electrons. The van der Waals surface area contributed by atoms with Crippen LogP contribution in [0.25, 0.3) is 6.08 Å². The van der Waals surface area contributed by atoms with E-state index in [1.54, 1.807) is 25.5 Å². The minimum absolute atomic E-state index is 0.202. The van der Waals surface area contributed by atoms with Crippen molar-refractivity contribution in [2.75, 3.05) is 13.7 Å². The van der Waals surface area contributed by atoms with E-state index in [2.05, 4.69) is 20.9 Å². The zero-order valence-electron chi connectivity index (χ0n) is 17.8. The van der Waals surface area contributed by atoms with E-state index >= 15 is 0 Å². The Kier molecular flexibility index (Phi) is 6.43. The van der Waals surface area contributed by atoms with Crippen molar-refractivity contribution in [3.8, 4) is 5.75 Å². The van der Waals surface area contributed by atoms with Gasteiger partial charge in [0.25, 0.3) is 5.56 Å². The fourth-order valence-corrected chi connectivity index (χ4v) is 4.91. The summed E-state index contributed by atoms with van der Waals surface area (Å²) in [5.41, 5.74) is 2.40. The second-order valence-electron chi connectivity index (χ2n) is 7.13. The smallest absolute Gasteiger partial charge is 0.338 e. The van der Waals surface area contributed by atoms with Crippen molar-refractivity contribution in [1.29, 1.82) is 0 Å². The third kappa shape index (κ3) is 4.20. The Balaban J connectivity index is 1.92. The fourth-order valence-electron chi connectivity index (χ4n) is 3.60. The van der Waals surface area contributed by atoms with Crippen LogP contribution in [0.15, 0.2) is 74.1 Å². The zero-order chi connectivity index (χ0) is 22.8. The normalized spacial score (nSPS) is 15.9. The number of benzene rings is 2. The number of allylic oxidation sites excluding steroid dienone is 1. The minimum Gasteiger partial charge on any atom is -0.497 e. The zero-order valence-corrected chi connectivity index (χ0v) is 20.2. The third-order valence-electron chi connectivity index (χ3n) is 5.12. The van der Waals surface area contributed by atoms with Gasteiger partial charge in [-0.3, -0.25) is 9.36 Å². The maximum atomic E-state index is 13.5. The molecule has 4 rings (SSSR count). The summed E-state index contributed by atoms with van der Waals surface area (Å²) < 4.78 is 13.5. The van der Waals surface area contributed by atoms with E-state index in [-0.39, 0.29) is 12.2 Å². The topological polar surface area (TPSA) is 69.9 Å². The lowest BCUT2D eigenvalue weighted by molar-refractivity contribution is -0.139. The Morgan fingerprint density at radius 2 is 1.88 bits per heavy atom. The quantitative estimate of drug-likeness (QED) is 0.490. The number of hydrogen-bond acceptors (Lipinski definition) is 6. The van der Waals surface area contributed by atoms with E-state index < -0.39 is 12.0 Å². The van der Waals surface area contributed by atoms with E-state index in [0.717, 1.165) is 21.3 Å². The molecule has 2 aromatic carbocycles. The highest BCUT2D eigenvalue weighted by Gasteiger charge is 2.33. The third-order valence-corrected chi connectivity index (χ3v) is 6.63. The Hall–Kier alpha value is -2.97. The number of methoxy groups -OCH3 is 1. The average Bonchev–Trinajstić information content (AvgIpc) is 3.08. The van der Waals surface area contributed by atoms with E-state index in [9.17, 15) is 9.59 Å². The van der Waals surface area contributed by atoms with Crippen LogP contribution < -0.4 is 19.6 Å². The van der Waals surface area contributed by atoms with Crippen molar-refractivity contribution in [3.05, 3.63) is 95.1 Å². The molecule has 2 heterocycles. The molecule has 0 radical (unpaired) electrons. The molecule has 1 aliphatic rings. The molecular weight excluding hydrogens is 492 g/mol. The van der Waals surface area contributed by atoms with Crippen molar-refractivity contribution in [2.24, 2.45) is 4.99 Å². The van der Waals surface area contributed by atoms with Gasteiger partial charge in [-0.15, -0.1) is 0 Å². The molecule has 0 amide bonds. The molecule has 0 N–H and O–H groups in total. The van der Waals surface area contributed by atoms with Gasteiger partial charge in [0.15, 0.2) is 4.80 Å². The maximum Gasteiger partial charge on any atom is 0.338 e. The molecule has 0 saturated heterocycles. The number of rotatable bonds is 5. The highest BCUT2D eigenvalue weighted by Crippen LogP contribution is 2.31. The largest absolute Gasteiger partial charge is 0.497 e. The van der Waals surface area contributed by atoms with E-state index in [1.807, 2.05) is 54.6 Å². The van der Waals surface area contributed by atoms with Crippen molar-refractivity contribution in [1.82, 2.24) is 4.57 Å². The van der Waals surface area contributed by atoms with E-state index in [4.69, 9.17) is 9.47 Å². The molecular formula is C24H21BrN2O4S. The highest BCUT2D eigenvalue weighted by molar-refractivity contribution is 9.10. The number of carbonyl (C=O) groups is 1. The standard InChI is InChI=1S/C24H21BrN2O4S/c1-4-31-23(29)20-14(2)26-24-27(21(20)16-7-9-17(25)10-8-16)22(28)19(32-24)13-15-5-11-18(30-3)12-6-15/h5-13,21H,4H2,1-3H3/b19-13+. The Labute approximate surface area is 197 Å². The van der Waals surface area contributed by atoms with Gasteiger partial charge >= 0.3 is 5.97 Å². The van der Waals surface area contributed by atoms with Gasteiger partial charge in [-0.25, -0.2) is 9.79 Å². The van der Waals surface area contributed by atoms with Crippen molar-refractivity contribution in [3.63, 3.8) is 0 Å². The molecule has 0 aliphatic carbocycles. The number of ether oxygens (including phenoxy) is 2. The average molecular weight is 513 g/mol. The molecule has 1 aromatic heterocycles. The van der Waals surface area contributed by atoms with Gasteiger partial charge in [0.05, 0.1) is 35.6 Å². The number of nitrogens with zero attached hydrogens (tertiary/aromatic N) is 2. The van der Waals surface area contributed by atoms with Crippen LogP contribution in [0.2, 0.25) is 0 Å². The van der Waals surface area contributed by atoms with Crippen molar-refractivity contribution < 1.29 is 14.3 Å². The SMILES string of the molecule is CCOC(=O)C1=C(C)N=c2s/c(=C/c3ccc(OC)cc3)c(=O)n2C1c1ccc(Br)cc1. The van der Waals surface area contributed by atoms with Crippen molar-refractivity contribution in [2.45, 2.75) is 19.9 Å². The first-order chi connectivity index (χ1) is 15.4. The molecule has 0 spiro atoms. The fraction of sp³-hybridized carbons (Fsp3) is 0.208. The van der Waals surface area contributed by atoms with Gasteiger partial charge in [-0.05, 0) is 55.3 Å². The predicted molar refractivity (Wildman–Crippen MR) is 128 cm³/mol. The molecule has 1 atom stereocenters. The number of halogens is 1. The summed E-state index contributed by atoms with van der Waals surface area (Å²) in [7, 11) is 1.61. The second kappa shape index (κ2) is 9.26. The summed E-state index contributed by atoms with van der Waals surface area (Å²) in [4.78, 5) is 31.5. The van der Waals surface area contributed by atoms with Crippen LogP contribution in [0.4, 0.5) is 0 Å². The summed E-state index contributed by atoms with van der Waals surface area (Å²) in [6.07, 6.45) is 1.82. The first-order valence-electron chi connectivity index (χ1n) is 10.0. The number of esters is 1. The number of fused-ring (bicyclic) bond motifs is 1. The molecule has 0 fully saturated rings. The van der Waals surface area contributed by atoms with Crippen LogP contribution in [0, 0.1) is 0 Å². The van der Waals surface area contributed by atoms with Gasteiger partial charge in [0.2, 0.25) is 0 Å². The Morgan fingerprint density at radius 3 is 2.50 bits per heavy atom. The highest BCUT2D eigenvalue weighted by atomic mass is 79.9. The van der Waals surface area contributed by atoms with Crippen LogP contribution in [0.3, 0.4) is 0 Å². The maximum absolute atomic E-state index is 13.5. The van der Waals surface area contributed by atoms with E-state index in [0.29, 0.717) is 20.6 Å². The number of aromatic nitrogens is 1. The summed E-state index contributed by atoms with van der Waals surface area (Å²) in [6.45, 7) is 3.77. The summed E-state index contributed by atoms with van der Waals surface area (Å²) >= 11 is 4.75.